The summed E-state index contributed by atoms with van der Waals surface area (Å²) in [5.41, 5.74) is 0.848. The molecule has 1 unspecified atom stereocenters. The number of benzene rings is 1. The number of carbonyl (C=O) groups excluding carboxylic acids is 2. The Kier molecular flexibility index (Phi) is 11.3. The predicted octanol–water partition coefficient (Wildman–Crippen LogP) is 3.85. The van der Waals surface area contributed by atoms with Crippen molar-refractivity contribution in [1.29, 1.82) is 0 Å². The average molecular weight is 525 g/mol. The molecule has 0 aromatic heterocycles. The van der Waals surface area contributed by atoms with Crippen LogP contribution in [0.4, 0.5) is 10.1 Å². The standard InChI is InChI=1S/C24H35FN4O3.C3H6.ClH/c1-26-17-18-15-23(30)29(24(18)31)10-4-9-27-11-13-28(14-12-27)21-16-19(25)7-8-22(21)32-20-5-2-3-6-20;1-2-3-1;/h7-8,16,18,20,26H,2-6,9-15,17H2,1H3;1-3H2;1H. The summed E-state index contributed by atoms with van der Waals surface area (Å²) in [6.07, 6.45) is 10.4. The Hall–Kier alpha value is -1.90. The van der Waals surface area contributed by atoms with E-state index in [-0.39, 0.29) is 42.1 Å². The Balaban J connectivity index is 0.000000840. The van der Waals surface area contributed by atoms with Gasteiger partial charge in [-0.1, -0.05) is 19.3 Å². The van der Waals surface area contributed by atoms with Crippen LogP contribution in [-0.2, 0) is 9.59 Å². The SMILES string of the molecule is C1CC1.CNCC1CC(=O)N(CCCN2CCN(c3cc(F)ccc3OC3CCCC3)CC2)C1=O.Cl. The van der Waals surface area contributed by atoms with E-state index in [9.17, 15) is 14.0 Å². The molecule has 1 aromatic carbocycles. The van der Waals surface area contributed by atoms with Crippen LogP contribution in [0.15, 0.2) is 18.2 Å². The van der Waals surface area contributed by atoms with Crippen LogP contribution in [0.2, 0.25) is 0 Å². The highest BCUT2D eigenvalue weighted by Crippen LogP contribution is 2.33. The van der Waals surface area contributed by atoms with Gasteiger partial charge in [-0.25, -0.2) is 4.39 Å². The molecule has 2 aliphatic heterocycles. The van der Waals surface area contributed by atoms with Gasteiger partial charge in [-0.2, -0.15) is 0 Å². The van der Waals surface area contributed by atoms with Crippen molar-refractivity contribution in [3.63, 3.8) is 0 Å². The number of carbonyl (C=O) groups is 2. The lowest BCUT2D eigenvalue weighted by molar-refractivity contribution is -0.139. The van der Waals surface area contributed by atoms with Crippen molar-refractivity contribution in [3.05, 3.63) is 24.0 Å². The minimum absolute atomic E-state index is 0. The Bertz CT molecular complexity index is 855. The fraction of sp³-hybridized carbons (Fsp3) is 0.704. The third-order valence-electron chi connectivity index (χ3n) is 7.23. The van der Waals surface area contributed by atoms with Crippen molar-refractivity contribution < 1.29 is 18.7 Å². The topological polar surface area (TPSA) is 65.1 Å². The minimum atomic E-state index is -0.238. The number of rotatable bonds is 9. The third kappa shape index (κ3) is 8.05. The van der Waals surface area contributed by atoms with Gasteiger partial charge in [0, 0.05) is 51.8 Å². The van der Waals surface area contributed by atoms with Crippen molar-refractivity contribution in [2.24, 2.45) is 5.92 Å². The van der Waals surface area contributed by atoms with E-state index in [2.05, 4.69) is 15.1 Å². The summed E-state index contributed by atoms with van der Waals surface area (Å²) in [6, 6.07) is 4.83. The Labute approximate surface area is 221 Å². The molecule has 1 N–H and O–H groups in total. The van der Waals surface area contributed by atoms with E-state index >= 15 is 0 Å². The van der Waals surface area contributed by atoms with Crippen LogP contribution in [-0.4, -0.2) is 80.6 Å². The summed E-state index contributed by atoms with van der Waals surface area (Å²) in [6.45, 7) is 5.22. The van der Waals surface area contributed by atoms with Gasteiger partial charge in [-0.15, -0.1) is 12.4 Å². The van der Waals surface area contributed by atoms with Gasteiger partial charge in [0.05, 0.1) is 17.7 Å². The molecule has 5 rings (SSSR count). The Morgan fingerprint density at radius 1 is 1.00 bits per heavy atom. The zero-order valence-electron chi connectivity index (χ0n) is 21.6. The normalized spacial score (nSPS) is 22.3. The molecule has 2 aliphatic carbocycles. The molecule has 0 radical (unpaired) electrons. The second-order valence-electron chi connectivity index (χ2n) is 10.2. The number of nitrogens with one attached hydrogen (secondary N) is 1. The van der Waals surface area contributed by atoms with E-state index in [0.29, 0.717) is 19.5 Å². The second kappa shape index (κ2) is 14.1. The van der Waals surface area contributed by atoms with Crippen molar-refractivity contribution >= 4 is 29.9 Å². The second-order valence-corrected chi connectivity index (χ2v) is 10.2. The molecule has 2 amide bonds. The minimum Gasteiger partial charge on any atom is -0.488 e. The third-order valence-corrected chi connectivity index (χ3v) is 7.23. The van der Waals surface area contributed by atoms with Crippen LogP contribution >= 0.6 is 12.4 Å². The first kappa shape index (κ1) is 28.7. The molecular formula is C27H42ClFN4O3. The number of hydrogen-bond donors (Lipinski definition) is 1. The fourth-order valence-electron chi connectivity index (χ4n) is 5.08. The van der Waals surface area contributed by atoms with E-state index in [1.54, 1.807) is 19.2 Å². The van der Waals surface area contributed by atoms with E-state index in [4.69, 9.17) is 4.74 Å². The number of amides is 2. The summed E-state index contributed by atoms with van der Waals surface area (Å²) in [5.74, 6) is 0.227. The van der Waals surface area contributed by atoms with E-state index in [1.807, 2.05) is 0 Å². The summed E-state index contributed by atoms with van der Waals surface area (Å²) >= 11 is 0. The highest BCUT2D eigenvalue weighted by Gasteiger charge is 2.37. The summed E-state index contributed by atoms with van der Waals surface area (Å²) < 4.78 is 20.2. The zero-order chi connectivity index (χ0) is 24.6. The van der Waals surface area contributed by atoms with Crippen molar-refractivity contribution in [2.45, 2.75) is 63.9 Å². The molecule has 0 bridgehead atoms. The highest BCUT2D eigenvalue weighted by molar-refractivity contribution is 6.03. The molecule has 4 aliphatic rings. The van der Waals surface area contributed by atoms with Crippen LogP contribution in [0.1, 0.15) is 57.8 Å². The van der Waals surface area contributed by atoms with Gasteiger partial charge < -0.3 is 15.0 Å². The van der Waals surface area contributed by atoms with E-state index in [0.717, 1.165) is 63.4 Å². The van der Waals surface area contributed by atoms with Crippen LogP contribution in [0.25, 0.3) is 0 Å². The lowest BCUT2D eigenvalue weighted by Crippen LogP contribution is -2.47. The first-order chi connectivity index (χ1) is 17.0. The predicted molar refractivity (Wildman–Crippen MR) is 142 cm³/mol. The van der Waals surface area contributed by atoms with E-state index in [1.165, 1.54) is 43.1 Å². The van der Waals surface area contributed by atoms with Crippen LogP contribution in [0.3, 0.4) is 0 Å². The molecule has 36 heavy (non-hydrogen) atoms. The average Bonchev–Trinajstić information content (AvgIpc) is 3.62. The van der Waals surface area contributed by atoms with E-state index < -0.39 is 0 Å². The number of ether oxygens (including phenoxy) is 1. The molecule has 1 aromatic rings. The molecule has 7 nitrogen and oxygen atoms in total. The molecule has 2 saturated carbocycles. The van der Waals surface area contributed by atoms with Crippen LogP contribution in [0.5, 0.6) is 5.75 Å². The lowest BCUT2D eigenvalue weighted by atomic mass is 10.1. The first-order valence-corrected chi connectivity index (χ1v) is 13.5. The van der Waals surface area contributed by atoms with Gasteiger partial charge in [-0.3, -0.25) is 19.4 Å². The maximum Gasteiger partial charge on any atom is 0.234 e. The molecule has 4 fully saturated rings. The number of imide groups is 1. The quantitative estimate of drug-likeness (QED) is 0.495. The van der Waals surface area contributed by atoms with Gasteiger partial charge >= 0.3 is 0 Å². The molecular weight excluding hydrogens is 483 g/mol. The number of piperazine rings is 1. The van der Waals surface area contributed by atoms with Crippen molar-refractivity contribution in [1.82, 2.24) is 15.1 Å². The molecule has 1 atom stereocenters. The lowest BCUT2D eigenvalue weighted by Gasteiger charge is -2.37. The summed E-state index contributed by atoms with van der Waals surface area (Å²) in [7, 11) is 1.80. The Morgan fingerprint density at radius 3 is 2.33 bits per heavy atom. The smallest absolute Gasteiger partial charge is 0.234 e. The monoisotopic (exact) mass is 524 g/mol. The molecule has 2 saturated heterocycles. The maximum absolute atomic E-state index is 14.0. The summed E-state index contributed by atoms with van der Waals surface area (Å²) in [5, 5.41) is 2.99. The molecule has 2 heterocycles. The number of nitrogens with zero attached hydrogens (tertiary/aromatic N) is 3. The number of hydrogen-bond acceptors (Lipinski definition) is 6. The first-order valence-electron chi connectivity index (χ1n) is 13.5. The van der Waals surface area contributed by atoms with Gasteiger partial charge in [0.15, 0.2) is 0 Å². The Morgan fingerprint density at radius 2 is 1.69 bits per heavy atom. The van der Waals surface area contributed by atoms with Crippen molar-refractivity contribution in [3.8, 4) is 5.75 Å². The van der Waals surface area contributed by atoms with Gasteiger partial charge in [-0.05, 0) is 57.8 Å². The number of anilines is 1. The van der Waals surface area contributed by atoms with Gasteiger partial charge in [0.25, 0.3) is 0 Å². The van der Waals surface area contributed by atoms with Gasteiger partial charge in [0.2, 0.25) is 11.8 Å². The molecule has 202 valence electrons. The highest BCUT2D eigenvalue weighted by atomic mass is 35.5. The van der Waals surface area contributed by atoms with Crippen LogP contribution < -0.4 is 15.0 Å². The zero-order valence-corrected chi connectivity index (χ0v) is 22.4. The number of likely N-dealkylation sites (tertiary alicyclic amines) is 1. The summed E-state index contributed by atoms with van der Waals surface area (Å²) in [4.78, 5) is 30.5. The number of halogens is 2. The molecule has 9 heteroatoms. The molecule has 0 spiro atoms. The van der Waals surface area contributed by atoms with Crippen molar-refractivity contribution in [2.75, 3.05) is 57.8 Å². The van der Waals surface area contributed by atoms with Crippen LogP contribution in [0, 0.1) is 11.7 Å². The fourth-order valence-corrected chi connectivity index (χ4v) is 5.08. The van der Waals surface area contributed by atoms with Gasteiger partial charge in [0.1, 0.15) is 11.6 Å². The maximum atomic E-state index is 14.0. The largest absolute Gasteiger partial charge is 0.488 e.